The maximum Gasteiger partial charge on any atom is 0.387 e. The van der Waals surface area contributed by atoms with Crippen molar-refractivity contribution in [2.75, 3.05) is 5.32 Å². The summed E-state index contributed by atoms with van der Waals surface area (Å²) in [7, 11) is 0. The summed E-state index contributed by atoms with van der Waals surface area (Å²) < 4.78 is 30.2. The Hall–Kier alpha value is -3.62. The van der Waals surface area contributed by atoms with Crippen LogP contribution in [0.1, 0.15) is 33.7 Å². The topological polar surface area (TPSA) is 86.1 Å². The van der Waals surface area contributed by atoms with Crippen molar-refractivity contribution in [2.45, 2.75) is 20.5 Å². The Morgan fingerprint density at radius 1 is 1.07 bits per heavy atom. The Morgan fingerprint density at radius 3 is 2.29 bits per heavy atom. The molecular formula is C19H16F2N4O3. The van der Waals surface area contributed by atoms with E-state index in [0.717, 1.165) is 0 Å². The number of ether oxygens (including phenoxy) is 1. The van der Waals surface area contributed by atoms with Crippen molar-refractivity contribution in [1.29, 1.82) is 0 Å². The number of benzene rings is 2. The summed E-state index contributed by atoms with van der Waals surface area (Å²) in [5.74, 6) is -0.182. The number of aromatic nitrogens is 3. The van der Waals surface area contributed by atoms with E-state index in [9.17, 15) is 18.4 Å². The number of ketones is 1. The van der Waals surface area contributed by atoms with E-state index in [2.05, 4.69) is 20.1 Å². The molecule has 1 N–H and O–H groups in total. The Kier molecular flexibility index (Phi) is 5.44. The molecule has 0 atom stereocenters. The van der Waals surface area contributed by atoms with Gasteiger partial charge in [0.15, 0.2) is 5.78 Å². The lowest BCUT2D eigenvalue weighted by molar-refractivity contribution is -0.0498. The first-order valence-electron chi connectivity index (χ1n) is 8.25. The summed E-state index contributed by atoms with van der Waals surface area (Å²) >= 11 is 0. The monoisotopic (exact) mass is 386 g/mol. The standard InChI is InChI=1S/C19H16F2N4O3/c1-11(26)13-3-5-14(6-4-13)23-18(27)17-22-12(2)25(24-17)15-7-9-16(10-8-15)28-19(20)21/h3-10,19H,1-2H3,(H,23,27). The van der Waals surface area contributed by atoms with Crippen LogP contribution in [0.3, 0.4) is 0 Å². The summed E-state index contributed by atoms with van der Waals surface area (Å²) in [6.45, 7) is 0.215. The van der Waals surface area contributed by atoms with Gasteiger partial charge in [-0.3, -0.25) is 9.59 Å². The molecule has 3 aromatic rings. The van der Waals surface area contributed by atoms with Crippen molar-refractivity contribution >= 4 is 17.4 Å². The molecule has 0 aliphatic carbocycles. The molecule has 7 nitrogen and oxygen atoms in total. The molecule has 0 spiro atoms. The van der Waals surface area contributed by atoms with Gasteiger partial charge in [0.1, 0.15) is 11.6 Å². The fourth-order valence-electron chi connectivity index (χ4n) is 2.47. The first-order chi connectivity index (χ1) is 13.3. The van der Waals surface area contributed by atoms with Gasteiger partial charge in [0.2, 0.25) is 5.82 Å². The van der Waals surface area contributed by atoms with E-state index in [0.29, 0.717) is 22.8 Å². The highest BCUT2D eigenvalue weighted by atomic mass is 19.3. The van der Waals surface area contributed by atoms with E-state index in [1.54, 1.807) is 31.2 Å². The van der Waals surface area contributed by atoms with Crippen LogP contribution in [0, 0.1) is 6.92 Å². The zero-order chi connectivity index (χ0) is 20.3. The number of alkyl halides is 2. The third-order valence-corrected chi connectivity index (χ3v) is 3.83. The predicted octanol–water partition coefficient (Wildman–Crippen LogP) is 3.63. The molecule has 0 unspecified atom stereocenters. The number of carbonyl (C=O) groups excluding carboxylic acids is 2. The van der Waals surface area contributed by atoms with Gasteiger partial charge in [-0.1, -0.05) is 0 Å². The Labute approximate surface area is 159 Å². The van der Waals surface area contributed by atoms with Crippen molar-refractivity contribution in [3.63, 3.8) is 0 Å². The lowest BCUT2D eigenvalue weighted by Gasteiger charge is -2.06. The van der Waals surface area contributed by atoms with Gasteiger partial charge < -0.3 is 10.1 Å². The van der Waals surface area contributed by atoms with E-state index in [1.165, 1.54) is 35.9 Å². The summed E-state index contributed by atoms with van der Waals surface area (Å²) in [5.41, 5.74) is 1.57. The number of anilines is 1. The minimum atomic E-state index is -2.90. The Morgan fingerprint density at radius 2 is 1.71 bits per heavy atom. The number of halogens is 2. The van der Waals surface area contributed by atoms with Crippen molar-refractivity contribution in [2.24, 2.45) is 0 Å². The number of nitrogens with one attached hydrogen (secondary N) is 1. The number of hydrogen-bond acceptors (Lipinski definition) is 5. The molecule has 1 heterocycles. The molecule has 1 amide bonds. The molecule has 9 heteroatoms. The number of nitrogens with zero attached hydrogens (tertiary/aromatic N) is 3. The molecule has 0 aliphatic rings. The lowest BCUT2D eigenvalue weighted by Crippen LogP contribution is -2.14. The highest BCUT2D eigenvalue weighted by molar-refractivity contribution is 6.02. The van der Waals surface area contributed by atoms with E-state index in [1.807, 2.05) is 0 Å². The van der Waals surface area contributed by atoms with Crippen LogP contribution in [-0.4, -0.2) is 33.1 Å². The van der Waals surface area contributed by atoms with Gasteiger partial charge in [-0.15, -0.1) is 5.10 Å². The zero-order valence-corrected chi connectivity index (χ0v) is 15.0. The first-order valence-corrected chi connectivity index (χ1v) is 8.25. The molecule has 0 radical (unpaired) electrons. The molecule has 0 bridgehead atoms. The number of aryl methyl sites for hydroxylation is 1. The second-order valence-corrected chi connectivity index (χ2v) is 5.85. The SMILES string of the molecule is CC(=O)c1ccc(NC(=O)c2nc(C)n(-c3ccc(OC(F)F)cc3)n2)cc1. The summed E-state index contributed by atoms with van der Waals surface area (Å²) in [6.07, 6.45) is 0. The van der Waals surface area contributed by atoms with Crippen LogP contribution in [-0.2, 0) is 0 Å². The highest BCUT2D eigenvalue weighted by Crippen LogP contribution is 2.18. The van der Waals surface area contributed by atoms with Crippen LogP contribution in [0.25, 0.3) is 5.69 Å². The summed E-state index contributed by atoms with van der Waals surface area (Å²) in [6, 6.07) is 12.2. The molecule has 0 aliphatic heterocycles. The normalized spacial score (nSPS) is 10.8. The van der Waals surface area contributed by atoms with Crippen LogP contribution >= 0.6 is 0 Å². The first kappa shape index (κ1) is 19.2. The number of amides is 1. The molecule has 2 aromatic carbocycles. The largest absolute Gasteiger partial charge is 0.435 e. The van der Waals surface area contributed by atoms with Crippen molar-refractivity contribution in [1.82, 2.24) is 14.8 Å². The van der Waals surface area contributed by atoms with E-state index in [4.69, 9.17) is 0 Å². The van der Waals surface area contributed by atoms with Gasteiger partial charge in [0, 0.05) is 11.3 Å². The number of Topliss-reactive ketones (excluding diaryl/α,β-unsaturated/α-hetero) is 1. The number of hydrogen-bond donors (Lipinski definition) is 1. The zero-order valence-electron chi connectivity index (χ0n) is 15.0. The van der Waals surface area contributed by atoms with Crippen LogP contribution in [0.5, 0.6) is 5.75 Å². The van der Waals surface area contributed by atoms with E-state index in [-0.39, 0.29) is 17.4 Å². The highest BCUT2D eigenvalue weighted by Gasteiger charge is 2.16. The van der Waals surface area contributed by atoms with Gasteiger partial charge in [-0.25, -0.2) is 9.67 Å². The second kappa shape index (κ2) is 7.95. The van der Waals surface area contributed by atoms with Crippen molar-refractivity contribution in [3.05, 3.63) is 65.7 Å². The van der Waals surface area contributed by atoms with E-state index >= 15 is 0 Å². The Bertz CT molecular complexity index is 999. The maximum absolute atomic E-state index is 12.4. The molecular weight excluding hydrogens is 370 g/mol. The quantitative estimate of drug-likeness (QED) is 0.654. The van der Waals surface area contributed by atoms with Crippen molar-refractivity contribution < 1.29 is 23.1 Å². The van der Waals surface area contributed by atoms with Gasteiger partial charge in [0.25, 0.3) is 5.91 Å². The molecule has 0 saturated heterocycles. The van der Waals surface area contributed by atoms with Gasteiger partial charge in [0.05, 0.1) is 5.69 Å². The fraction of sp³-hybridized carbons (Fsp3) is 0.158. The second-order valence-electron chi connectivity index (χ2n) is 5.85. The predicted molar refractivity (Wildman–Crippen MR) is 97.1 cm³/mol. The number of rotatable bonds is 6. The van der Waals surface area contributed by atoms with Crippen LogP contribution in [0.15, 0.2) is 48.5 Å². The molecule has 28 heavy (non-hydrogen) atoms. The van der Waals surface area contributed by atoms with Gasteiger partial charge >= 0.3 is 6.61 Å². The van der Waals surface area contributed by atoms with Crippen LogP contribution in [0.4, 0.5) is 14.5 Å². The third kappa shape index (κ3) is 4.37. The molecule has 0 fully saturated rings. The average molecular weight is 386 g/mol. The molecule has 3 rings (SSSR count). The smallest absolute Gasteiger partial charge is 0.387 e. The molecule has 0 saturated carbocycles. The van der Waals surface area contributed by atoms with Gasteiger partial charge in [-0.2, -0.15) is 8.78 Å². The maximum atomic E-state index is 12.4. The van der Waals surface area contributed by atoms with Gasteiger partial charge in [-0.05, 0) is 62.4 Å². The fourth-order valence-corrected chi connectivity index (χ4v) is 2.47. The summed E-state index contributed by atoms with van der Waals surface area (Å²) in [5, 5.41) is 6.82. The summed E-state index contributed by atoms with van der Waals surface area (Å²) in [4.78, 5) is 27.8. The van der Waals surface area contributed by atoms with Crippen molar-refractivity contribution in [3.8, 4) is 11.4 Å². The third-order valence-electron chi connectivity index (χ3n) is 3.83. The minimum absolute atomic E-state index is 0.0171. The van der Waals surface area contributed by atoms with Crippen LogP contribution < -0.4 is 10.1 Å². The lowest BCUT2D eigenvalue weighted by atomic mass is 10.1. The number of carbonyl (C=O) groups is 2. The average Bonchev–Trinajstić information content (AvgIpc) is 3.04. The van der Waals surface area contributed by atoms with E-state index < -0.39 is 12.5 Å². The molecule has 144 valence electrons. The Balaban J connectivity index is 1.75. The van der Waals surface area contributed by atoms with Crippen LogP contribution in [0.2, 0.25) is 0 Å². The minimum Gasteiger partial charge on any atom is -0.435 e. The molecule has 1 aromatic heterocycles.